The first-order valence-corrected chi connectivity index (χ1v) is 10.7. The molecule has 8 nitrogen and oxygen atoms in total. The highest BCUT2D eigenvalue weighted by Gasteiger charge is 2.33. The quantitative estimate of drug-likeness (QED) is 0.278. The van der Waals surface area contributed by atoms with Crippen LogP contribution < -0.4 is 21.0 Å². The van der Waals surface area contributed by atoms with Crippen LogP contribution in [0.15, 0.2) is 41.2 Å². The molecule has 13 heteroatoms. The molecular formula is C22H21F4N3O5S. The van der Waals surface area contributed by atoms with Gasteiger partial charge in [0.25, 0.3) is 6.43 Å². The molecule has 0 bridgehead atoms. The number of hydrogen-bond donors (Lipinski definition) is 3. The number of aliphatic hydroxyl groups excluding tert-OH is 1. The van der Waals surface area contributed by atoms with E-state index in [-0.39, 0.29) is 36.6 Å². The Hall–Kier alpha value is -3.29. The fourth-order valence-electron chi connectivity index (χ4n) is 3.23. The molecule has 0 spiro atoms. The van der Waals surface area contributed by atoms with Gasteiger partial charge in [-0.25, -0.2) is 22.4 Å². The van der Waals surface area contributed by atoms with Crippen LogP contribution in [-0.4, -0.2) is 54.7 Å². The van der Waals surface area contributed by atoms with Crippen LogP contribution in [0.5, 0.6) is 0 Å². The van der Waals surface area contributed by atoms with Crippen molar-refractivity contribution in [2.24, 2.45) is 0 Å². The summed E-state index contributed by atoms with van der Waals surface area (Å²) in [5.41, 5.74) is -1.47. The van der Waals surface area contributed by atoms with Gasteiger partial charge in [-0.05, 0) is 43.3 Å². The van der Waals surface area contributed by atoms with E-state index in [2.05, 4.69) is 22.9 Å². The Labute approximate surface area is 202 Å². The van der Waals surface area contributed by atoms with Crippen molar-refractivity contribution < 1.29 is 36.9 Å². The molecule has 1 aliphatic heterocycles. The Morgan fingerprint density at radius 3 is 2.54 bits per heavy atom. The van der Waals surface area contributed by atoms with Crippen LogP contribution >= 0.6 is 12.2 Å². The van der Waals surface area contributed by atoms with E-state index >= 15 is 0 Å². The van der Waals surface area contributed by atoms with E-state index in [0.717, 1.165) is 23.1 Å². The molecule has 35 heavy (non-hydrogen) atoms. The lowest BCUT2D eigenvalue weighted by Crippen LogP contribution is -2.36. The standard InChI is InChI=1S/C22H21F4N3O5S/c1-2-33-21(31)11-3-5-16(17(30)6-4-11)28-18-14(23)7-12(8-15(18)24)29-10-13(34-22(29)32)9-27-20(35)19(25)26/h3-8,13,19,22,32H,2,9-10H2,1H3,(H,27,35)(H,28,30)/t13-,22?/m0/s1. The topological polar surface area (TPSA) is 100 Å². The molecule has 0 radical (unpaired) electrons. The van der Waals surface area contributed by atoms with Crippen molar-refractivity contribution >= 4 is 40.2 Å². The first-order valence-electron chi connectivity index (χ1n) is 10.3. The molecule has 0 amide bonds. The highest BCUT2D eigenvalue weighted by atomic mass is 32.1. The molecule has 3 rings (SSSR count). The lowest BCUT2D eigenvalue weighted by molar-refractivity contribution is -0.0864. The number of nitrogens with zero attached hydrogens (tertiary/aromatic N) is 1. The number of aliphatic hydroxyl groups is 1. The molecule has 0 saturated carbocycles. The SMILES string of the molecule is CCOC(=O)c1ccc(Nc2c(F)cc(N3C[C@H](CNC(=S)C(F)F)OC3O)cc2F)c(=O)cc1. The molecule has 1 heterocycles. The van der Waals surface area contributed by atoms with Gasteiger partial charge in [0, 0.05) is 12.2 Å². The fourth-order valence-corrected chi connectivity index (χ4v) is 3.32. The van der Waals surface area contributed by atoms with Crippen molar-refractivity contribution in [2.75, 3.05) is 29.9 Å². The number of ether oxygens (including phenoxy) is 2. The lowest BCUT2D eigenvalue weighted by atomic mass is 10.2. The van der Waals surface area contributed by atoms with Crippen molar-refractivity contribution in [1.82, 2.24) is 5.32 Å². The molecule has 0 aliphatic carbocycles. The zero-order valence-electron chi connectivity index (χ0n) is 18.3. The molecule has 1 fully saturated rings. The number of thiocarbonyl (C=S) groups is 1. The zero-order chi connectivity index (χ0) is 25.7. The molecule has 1 unspecified atom stereocenters. The van der Waals surface area contributed by atoms with Gasteiger partial charge in [0.1, 0.15) is 10.7 Å². The van der Waals surface area contributed by atoms with E-state index in [1.165, 1.54) is 18.2 Å². The Kier molecular flexibility index (Phi) is 8.59. The molecule has 188 valence electrons. The number of anilines is 3. The minimum Gasteiger partial charge on any atom is -0.462 e. The van der Waals surface area contributed by atoms with Crippen molar-refractivity contribution in [1.29, 1.82) is 0 Å². The zero-order valence-corrected chi connectivity index (χ0v) is 19.1. The summed E-state index contributed by atoms with van der Waals surface area (Å²) in [5.74, 6) is -2.82. The monoisotopic (exact) mass is 515 g/mol. The number of benzene rings is 1. The summed E-state index contributed by atoms with van der Waals surface area (Å²) in [5, 5.41) is 14.8. The molecule has 3 N–H and O–H groups in total. The maximum Gasteiger partial charge on any atom is 0.338 e. The number of esters is 1. The second-order valence-electron chi connectivity index (χ2n) is 7.31. The summed E-state index contributed by atoms with van der Waals surface area (Å²) in [6.45, 7) is 1.54. The first kappa shape index (κ1) is 26.3. The highest BCUT2D eigenvalue weighted by molar-refractivity contribution is 7.80. The van der Waals surface area contributed by atoms with Crippen LogP contribution in [0.4, 0.5) is 34.6 Å². The lowest BCUT2D eigenvalue weighted by Gasteiger charge is -2.21. The minimum atomic E-state index is -2.85. The molecule has 2 atom stereocenters. The van der Waals surface area contributed by atoms with Crippen molar-refractivity contribution in [3.05, 3.63) is 63.8 Å². The summed E-state index contributed by atoms with van der Waals surface area (Å²) in [6, 6.07) is 6.59. The van der Waals surface area contributed by atoms with Gasteiger partial charge in [-0.3, -0.25) is 4.79 Å². The number of nitrogens with one attached hydrogen (secondary N) is 2. The Morgan fingerprint density at radius 2 is 1.91 bits per heavy atom. The molecule has 1 aliphatic rings. The fraction of sp³-hybridized carbons (Fsp3) is 0.318. The number of carbonyl (C=O) groups excluding carboxylic acids is 1. The van der Waals surface area contributed by atoms with Gasteiger partial charge >= 0.3 is 5.97 Å². The van der Waals surface area contributed by atoms with E-state index < -0.39 is 52.7 Å². The van der Waals surface area contributed by atoms with Gasteiger partial charge < -0.3 is 30.1 Å². The van der Waals surface area contributed by atoms with Gasteiger partial charge in [0.05, 0.1) is 30.5 Å². The average molecular weight is 515 g/mol. The number of hydrogen-bond acceptors (Lipinski definition) is 8. The number of rotatable bonds is 8. The van der Waals surface area contributed by atoms with E-state index in [1.807, 2.05) is 0 Å². The van der Waals surface area contributed by atoms with Crippen molar-refractivity contribution in [3.63, 3.8) is 0 Å². The third-order valence-electron chi connectivity index (χ3n) is 4.92. The molecule has 2 aromatic carbocycles. The third kappa shape index (κ3) is 6.44. The summed E-state index contributed by atoms with van der Waals surface area (Å²) in [4.78, 5) is 24.6. The summed E-state index contributed by atoms with van der Waals surface area (Å²) >= 11 is 4.47. The van der Waals surface area contributed by atoms with Gasteiger partial charge in [-0.2, -0.15) is 0 Å². The van der Waals surface area contributed by atoms with Crippen molar-refractivity contribution in [2.45, 2.75) is 25.9 Å². The second-order valence-corrected chi connectivity index (χ2v) is 7.75. The van der Waals surface area contributed by atoms with E-state index in [1.54, 1.807) is 6.92 Å². The molecule has 1 saturated heterocycles. The van der Waals surface area contributed by atoms with Gasteiger partial charge in [0.15, 0.2) is 11.6 Å². The number of carbonyl (C=O) groups is 1. The minimum absolute atomic E-state index is 0.0679. The maximum atomic E-state index is 14.8. The highest BCUT2D eigenvalue weighted by Crippen LogP contribution is 2.31. The van der Waals surface area contributed by atoms with Crippen LogP contribution in [0.2, 0.25) is 0 Å². The molecule has 0 aromatic heterocycles. The van der Waals surface area contributed by atoms with Gasteiger partial charge in [-0.15, -0.1) is 0 Å². The predicted molar refractivity (Wildman–Crippen MR) is 123 cm³/mol. The summed E-state index contributed by atoms with van der Waals surface area (Å²) in [7, 11) is 0. The molecular weight excluding hydrogens is 494 g/mol. The third-order valence-corrected chi connectivity index (χ3v) is 5.24. The van der Waals surface area contributed by atoms with Gasteiger partial charge in [0.2, 0.25) is 11.8 Å². The van der Waals surface area contributed by atoms with E-state index in [0.29, 0.717) is 0 Å². The van der Waals surface area contributed by atoms with E-state index in [4.69, 9.17) is 9.47 Å². The number of alkyl halides is 2. The van der Waals surface area contributed by atoms with Gasteiger partial charge in [-0.1, -0.05) is 12.2 Å². The van der Waals surface area contributed by atoms with Crippen LogP contribution in [-0.2, 0) is 9.47 Å². The Balaban J connectivity index is 1.77. The number of halogens is 4. The first-order chi connectivity index (χ1) is 16.6. The summed E-state index contributed by atoms with van der Waals surface area (Å²) in [6.07, 6.45) is -5.22. The van der Waals surface area contributed by atoms with E-state index in [9.17, 15) is 32.3 Å². The van der Waals surface area contributed by atoms with Crippen LogP contribution in [0.25, 0.3) is 0 Å². The predicted octanol–water partition coefficient (Wildman–Crippen LogP) is 2.91. The second kappa shape index (κ2) is 11.4. The van der Waals surface area contributed by atoms with Crippen LogP contribution in [0.1, 0.15) is 17.3 Å². The molecule has 2 aromatic rings. The van der Waals surface area contributed by atoms with Crippen LogP contribution in [0.3, 0.4) is 0 Å². The Morgan fingerprint density at radius 1 is 1.26 bits per heavy atom. The average Bonchev–Trinajstić information content (AvgIpc) is 3.07. The normalized spacial score (nSPS) is 17.4. The maximum absolute atomic E-state index is 14.8. The van der Waals surface area contributed by atoms with Crippen LogP contribution in [0, 0.1) is 11.6 Å². The largest absolute Gasteiger partial charge is 0.462 e. The Bertz CT molecular complexity index is 1150. The smallest absolute Gasteiger partial charge is 0.338 e. The van der Waals surface area contributed by atoms with Crippen molar-refractivity contribution in [3.8, 4) is 0 Å². The summed E-state index contributed by atoms with van der Waals surface area (Å²) < 4.78 is 64.7.